The molecule has 141 heavy (non-hydrogen) atoms. The summed E-state index contributed by atoms with van der Waals surface area (Å²) in [5, 5.41) is 20.7. The molecular weight excluding hydrogens is 1820 g/mol. The fourth-order valence-corrected chi connectivity index (χ4v) is 22.2. The van der Waals surface area contributed by atoms with Crippen molar-refractivity contribution in [1.82, 2.24) is 51.1 Å². The average Bonchev–Trinajstić information content (AvgIpc) is 0.775. The number of amides is 5. The van der Waals surface area contributed by atoms with Crippen LogP contribution in [0.2, 0.25) is 10.0 Å². The summed E-state index contributed by atoms with van der Waals surface area (Å²) in [6.45, 7) is 5.01. The van der Waals surface area contributed by atoms with Gasteiger partial charge in [-0.15, -0.1) is 11.8 Å². The number of nitrogens with zero attached hydrogens (tertiary/aromatic N) is 5. The van der Waals surface area contributed by atoms with Gasteiger partial charge in [0.05, 0.1) is 23.6 Å². The lowest BCUT2D eigenvalue weighted by atomic mass is 9.74. The van der Waals surface area contributed by atoms with E-state index in [9.17, 15) is 28.4 Å². The Labute approximate surface area is 854 Å². The first kappa shape index (κ1) is 111. The highest BCUT2D eigenvalue weighted by molar-refractivity contribution is 7.99. The molecule has 5 aliphatic carbocycles. The number of carbonyl (C=O) groups is 5. The van der Waals surface area contributed by atoms with Crippen molar-refractivity contribution in [1.29, 1.82) is 0 Å². The van der Waals surface area contributed by atoms with Crippen LogP contribution >= 0.6 is 35.0 Å². The van der Waals surface area contributed by atoms with Gasteiger partial charge in [0.2, 0.25) is 17.7 Å². The highest BCUT2D eigenvalue weighted by Crippen LogP contribution is 2.44. The normalized spacial score (nSPS) is 22.1. The molecule has 5 saturated carbocycles. The molecule has 6 N–H and O–H groups in total. The number of anilines is 2. The molecule has 23 heteroatoms. The number of halogens is 3. The predicted molar refractivity (Wildman–Crippen MR) is 578 cm³/mol. The zero-order valence-corrected chi connectivity index (χ0v) is 87.9. The fraction of sp³-hybridized carbons (Fsp3) is 0.449. The highest BCUT2D eigenvalue weighted by Gasteiger charge is 2.44. The third-order valence-electron chi connectivity index (χ3n) is 29.7. The summed E-state index contributed by atoms with van der Waals surface area (Å²) in [5.74, 6) is 1.87. The van der Waals surface area contributed by atoms with Crippen molar-refractivity contribution in [3.63, 3.8) is 0 Å². The first-order chi connectivity index (χ1) is 67.8. The zero-order valence-electron chi connectivity index (χ0n) is 85.5. The van der Waals surface area contributed by atoms with Gasteiger partial charge >= 0.3 is 0 Å². The maximum Gasteiger partial charge on any atom is 0.258 e. The van der Waals surface area contributed by atoms with Crippen molar-refractivity contribution in [3.05, 3.63) is 338 Å². The minimum absolute atomic E-state index is 0.00457. The average molecular weight is 1980 g/mol. The summed E-state index contributed by atoms with van der Waals surface area (Å²) >= 11 is 13.7. The molecule has 0 radical (unpaired) electrons. The topological polar surface area (TPSA) is 201 Å². The number of likely N-dealkylation sites (N-methyl/N-ethyl adjacent to an activating group) is 4. The Balaban J connectivity index is 0.000000169. The Morgan fingerprint density at radius 3 is 1.20 bits per heavy atom. The van der Waals surface area contributed by atoms with Crippen molar-refractivity contribution in [2.45, 2.75) is 238 Å². The lowest BCUT2D eigenvalue weighted by Crippen LogP contribution is -2.52. The maximum absolute atomic E-state index is 13.6. The number of hydrogen-bond donors (Lipinski definition) is 6. The van der Waals surface area contributed by atoms with Gasteiger partial charge in [0, 0.05) is 86.5 Å². The number of para-hydroxylation sites is 2. The third kappa shape index (κ3) is 34.8. The van der Waals surface area contributed by atoms with Crippen LogP contribution in [0, 0.1) is 19.7 Å². The van der Waals surface area contributed by atoms with E-state index < -0.39 is 0 Å². The molecule has 5 aliphatic rings. The molecule has 0 bridgehead atoms. The number of rotatable bonds is 35. The van der Waals surface area contributed by atoms with Crippen molar-refractivity contribution in [2.24, 2.45) is 0 Å². The largest absolute Gasteiger partial charge is 0.484 e. The van der Waals surface area contributed by atoms with Gasteiger partial charge in [-0.2, -0.15) is 0 Å². The number of benzene rings is 10. The molecule has 19 nitrogen and oxygen atoms in total. The Kier molecular flexibility index (Phi) is 43.8. The summed E-state index contributed by atoms with van der Waals surface area (Å²) in [6, 6.07) is 89.5. The number of hydrogen-bond acceptors (Lipinski definition) is 15. The molecule has 0 spiro atoms. The Hall–Kier alpha value is -10.3. The van der Waals surface area contributed by atoms with Crippen LogP contribution in [0.25, 0.3) is 0 Å². The van der Waals surface area contributed by atoms with E-state index in [1.807, 2.05) is 135 Å². The van der Waals surface area contributed by atoms with E-state index in [1.54, 1.807) is 48.2 Å². The Morgan fingerprint density at radius 2 is 0.752 bits per heavy atom. The molecule has 5 amide bonds. The monoisotopic (exact) mass is 1970 g/mol. The van der Waals surface area contributed by atoms with Gasteiger partial charge in [-0.25, -0.2) is 4.39 Å². The lowest BCUT2D eigenvalue weighted by Gasteiger charge is -2.45. The first-order valence-corrected chi connectivity index (χ1v) is 52.3. The third-order valence-corrected chi connectivity index (χ3v) is 31.2. The quantitative estimate of drug-likeness (QED) is 0.0219. The molecule has 10 aromatic carbocycles. The Morgan fingerprint density at radius 1 is 0.369 bits per heavy atom. The van der Waals surface area contributed by atoms with Crippen LogP contribution in [0.5, 0.6) is 5.75 Å². The van der Waals surface area contributed by atoms with Crippen LogP contribution < -0.4 is 36.6 Å². The van der Waals surface area contributed by atoms with Gasteiger partial charge in [-0.3, -0.25) is 28.9 Å². The maximum atomic E-state index is 13.6. The van der Waals surface area contributed by atoms with Crippen LogP contribution in [0.1, 0.15) is 189 Å². The van der Waals surface area contributed by atoms with Crippen LogP contribution in [0.3, 0.4) is 0 Å². The molecule has 5 fully saturated rings. The second-order valence-electron chi connectivity index (χ2n) is 40.5. The van der Waals surface area contributed by atoms with E-state index in [0.29, 0.717) is 34.7 Å². The molecule has 0 atom stereocenters. The lowest BCUT2D eigenvalue weighted by molar-refractivity contribution is -0.127. The number of aryl methyl sites for hydroxylation is 2. The fourth-order valence-electron chi connectivity index (χ4n) is 21.0. The predicted octanol–water partition coefficient (Wildman–Crippen LogP) is 21.9. The van der Waals surface area contributed by atoms with E-state index >= 15 is 0 Å². The molecule has 10 aromatic rings. The van der Waals surface area contributed by atoms with Gasteiger partial charge in [0.1, 0.15) is 24.8 Å². The summed E-state index contributed by atoms with van der Waals surface area (Å²) in [7, 11) is 23.0. The zero-order chi connectivity index (χ0) is 101. The van der Waals surface area contributed by atoms with E-state index in [0.717, 1.165) is 187 Å². The standard InChI is InChI=1S/C29H35N3O.C25H34N2OS.C24H31ClN2O2.C23H29ClN2O2.C17H25FN2O2/c1-22-10-9-11-23(20-22)21-29(32(2)3)18-16-25(17-19-29)31-28(33)26-14-7-8-15-27(26)30-24-12-5-4-6-13-24;1-20-8-7-11-22(16-20)17-25(27(2)3)14-12-23(13-15-25)26-24(28)19-29-18-21-9-5-4-6-10-21;1-27(2)24(16-20-9-6-10-21(25)15-20)13-11-22(12-14-24)26-23(28)18-29-17-19-7-4-3-5-8-19;1-26(2)23(16-18-6-4-3-5-7-18)14-12-20(13-15-23)25-22(27)17-28-21-10-8-19(24)9-11-21;1-20(2)17(13-5-4-6-14(18)11-13)9-7-15(8-10-17)19-16(21)12-22-3/h4-15,20,25,30H,16-19,21H2,1-3H3,(H,31,33);4-11,16,23H,12-15,17-19H2,1-3H3,(H,26,28);3-10,15,22H,11-14,16-18H2,1-2H3,(H,26,28);3-11,20H,12-17H2,1-2H3,(H,25,27);4-6,11,15H,7-10,12H2,1-3H3,(H,19,21). The number of ether oxygens (including phenoxy) is 3. The second kappa shape index (κ2) is 55.5. The minimum Gasteiger partial charge on any atom is -0.484 e. The van der Waals surface area contributed by atoms with E-state index in [4.69, 9.17) is 37.4 Å². The van der Waals surface area contributed by atoms with Gasteiger partial charge < -0.3 is 65.7 Å². The molecule has 0 aromatic heterocycles. The molecule has 0 unspecified atom stereocenters. The molecule has 15 rings (SSSR count). The summed E-state index contributed by atoms with van der Waals surface area (Å²) in [5.41, 5.74) is 14.4. The van der Waals surface area contributed by atoms with Crippen LogP contribution in [0.4, 0.5) is 15.8 Å². The van der Waals surface area contributed by atoms with E-state index in [1.165, 1.54) is 52.1 Å². The SMILES string of the molecule is CN(C)C1(Cc2cccc(Cl)c2)CCC(NC(=O)COCc2ccccc2)CC1.CN(C)C1(Cc2ccccc2)CCC(NC(=O)COc2ccc(Cl)cc2)CC1.COCC(=O)NC1CCC(c2cccc(F)c2)(N(C)C)CC1.Cc1cccc(CC2(N(C)C)CCC(NC(=O)CSCc3ccccc3)CC2)c1.Cc1cccc(CC2(N(C)C)CCC(NC(=O)c3ccccc3Nc3ccccc3)CC2)c1. The molecule has 0 aliphatic heterocycles. The summed E-state index contributed by atoms with van der Waals surface area (Å²) < 4.78 is 29.5. The number of methoxy groups -OCH3 is 1. The molecule has 0 saturated heterocycles. The highest BCUT2D eigenvalue weighted by atomic mass is 35.5. The van der Waals surface area contributed by atoms with Gasteiger partial charge in [0.15, 0.2) is 6.61 Å². The van der Waals surface area contributed by atoms with Crippen LogP contribution in [0.15, 0.2) is 267 Å². The van der Waals surface area contributed by atoms with Crippen LogP contribution in [-0.2, 0) is 72.2 Å². The van der Waals surface area contributed by atoms with Crippen molar-refractivity contribution < 1.29 is 42.6 Å². The smallest absolute Gasteiger partial charge is 0.258 e. The number of nitrogens with one attached hydrogen (secondary N) is 6. The summed E-state index contributed by atoms with van der Waals surface area (Å²) in [6.07, 6.45) is 24.3. The van der Waals surface area contributed by atoms with Crippen LogP contribution in [-0.4, -0.2) is 210 Å². The van der Waals surface area contributed by atoms with E-state index in [-0.39, 0.29) is 107 Å². The summed E-state index contributed by atoms with van der Waals surface area (Å²) in [4.78, 5) is 73.4. The van der Waals surface area contributed by atoms with Gasteiger partial charge in [-0.1, -0.05) is 228 Å². The second-order valence-corrected chi connectivity index (χ2v) is 42.4. The van der Waals surface area contributed by atoms with Crippen molar-refractivity contribution >= 4 is 75.9 Å². The number of thioether (sulfide) groups is 1. The van der Waals surface area contributed by atoms with Gasteiger partial charge in [-0.05, 0) is 350 Å². The van der Waals surface area contributed by atoms with Crippen molar-refractivity contribution in [3.8, 4) is 5.75 Å². The van der Waals surface area contributed by atoms with Crippen molar-refractivity contribution in [2.75, 3.05) is 108 Å². The Bertz CT molecular complexity index is 5320. The number of carbonyl (C=O) groups excluding carboxylic acids is 5. The molecule has 756 valence electrons. The van der Waals surface area contributed by atoms with E-state index in [2.05, 4.69) is 230 Å². The van der Waals surface area contributed by atoms with Gasteiger partial charge in [0.25, 0.3) is 11.8 Å². The molecular formula is C118H154Cl2FN11O8S. The molecule has 0 heterocycles. The first-order valence-electron chi connectivity index (χ1n) is 50.4. The minimum atomic E-state index is -0.200.